The van der Waals surface area contributed by atoms with Gasteiger partial charge in [0.05, 0.1) is 0 Å². The molecule has 27 heavy (non-hydrogen) atoms. The molecule has 5 rings (SSSR count). The van der Waals surface area contributed by atoms with Gasteiger partial charge in [0, 0.05) is 6.20 Å². The second-order valence-electron chi connectivity index (χ2n) is 5.64. The maximum Gasteiger partial charge on any atom is -0.0528 e. The molecule has 0 spiro atoms. The van der Waals surface area contributed by atoms with E-state index in [4.69, 9.17) is 0 Å². The van der Waals surface area contributed by atoms with Crippen LogP contribution >= 0.6 is 24.8 Å². The summed E-state index contributed by atoms with van der Waals surface area (Å²) >= 11 is 4.60. The minimum Gasteiger partial charge on any atom is -0.147 e. The summed E-state index contributed by atoms with van der Waals surface area (Å²) in [6.07, 6.45) is 10.2. The van der Waals surface area contributed by atoms with Gasteiger partial charge < -0.3 is 24.8 Å². The van der Waals surface area contributed by atoms with E-state index in [0.717, 1.165) is 40.0 Å². The van der Waals surface area contributed by atoms with Crippen molar-refractivity contribution in [1.82, 2.24) is 4.98 Å². The van der Waals surface area contributed by atoms with E-state index in [0.29, 0.717) is 0 Å². The second-order valence-corrected chi connectivity index (χ2v) is 6.56. The van der Waals surface area contributed by atoms with E-state index in [1.54, 1.807) is 0 Å². The fourth-order valence-electron chi connectivity index (χ4n) is 3.03. The van der Waals surface area contributed by atoms with Crippen molar-refractivity contribution in [2.24, 2.45) is 0 Å². The molecule has 136 valence electrons. The average Bonchev–Trinajstić information content (AvgIpc) is 3.27. The number of rotatable bonds is 0. The summed E-state index contributed by atoms with van der Waals surface area (Å²) in [5.41, 5.74) is 7.79. The van der Waals surface area contributed by atoms with Crippen LogP contribution in [0.4, 0.5) is 0 Å². The average molecular weight is 554 g/mol. The number of hydrogen-bond donors (Lipinski definition) is 0. The van der Waals surface area contributed by atoms with Crippen molar-refractivity contribution < 1.29 is 47.5 Å². The van der Waals surface area contributed by atoms with Crippen molar-refractivity contribution >= 4 is 30.9 Å². The van der Waals surface area contributed by atoms with Gasteiger partial charge in [-0.1, -0.05) is 22.0 Å². The van der Waals surface area contributed by atoms with Crippen LogP contribution in [0.25, 0.3) is 17.2 Å². The van der Waals surface area contributed by atoms with Gasteiger partial charge in [0.1, 0.15) is 0 Å². The van der Waals surface area contributed by atoms with Crippen molar-refractivity contribution in [1.29, 1.82) is 0 Å². The fraction of sp³-hybridized carbons (Fsp3) is 0.0952. The summed E-state index contributed by atoms with van der Waals surface area (Å²) < 4.78 is 1.09. The standard InChI is InChI=1S/C12H7BrN.C9H7.2ClH.S.Zr/c13-10-1-2-11-9(6-10)5-8-3-4-14-7-12(8)11;1-2-5-9-7-3-6-8(9)4-1;;;;/h1,3-4,6-7H,5H2;1-4,7H,6H2;2*1H;;/q2*-1;;;;+2/p-2. The number of aromatic nitrogens is 1. The van der Waals surface area contributed by atoms with Gasteiger partial charge in [0.2, 0.25) is 0 Å². The fourth-order valence-corrected chi connectivity index (χ4v) is 3.42. The van der Waals surface area contributed by atoms with Crippen LogP contribution in [0.5, 0.6) is 0 Å². The SMILES string of the molecule is Brc1c[c-]c2c(c1)Cc1ccncc1-2.[Cl-].[Cl-].[S]=[Zr+2].[c-]1cccc2c1C=CC2. The summed E-state index contributed by atoms with van der Waals surface area (Å²) in [6, 6.07) is 18.8. The molecule has 0 saturated heterocycles. The van der Waals surface area contributed by atoms with Crippen LogP contribution in [0.2, 0.25) is 0 Å². The van der Waals surface area contributed by atoms with Gasteiger partial charge >= 0.3 is 31.5 Å². The Kier molecular flexibility index (Phi) is 11.0. The first-order valence-electron chi connectivity index (χ1n) is 7.81. The molecule has 2 aliphatic carbocycles. The van der Waals surface area contributed by atoms with E-state index >= 15 is 0 Å². The van der Waals surface area contributed by atoms with Crippen LogP contribution in [-0.2, 0) is 35.5 Å². The van der Waals surface area contributed by atoms with Gasteiger partial charge in [-0.25, -0.2) is 0 Å². The smallest absolute Gasteiger partial charge is 0.0528 e. The third-order valence-electron chi connectivity index (χ3n) is 4.15. The van der Waals surface area contributed by atoms with Gasteiger partial charge in [-0.15, -0.1) is 92.8 Å². The van der Waals surface area contributed by atoms with Gasteiger partial charge in [-0.2, -0.15) is 0 Å². The Morgan fingerprint density at radius 1 is 1.07 bits per heavy atom. The molecule has 1 heterocycles. The van der Waals surface area contributed by atoms with Gasteiger partial charge in [0.25, 0.3) is 0 Å². The molecule has 0 atom stereocenters. The molecule has 1 aromatic heterocycles. The van der Waals surface area contributed by atoms with E-state index in [1.165, 1.54) is 33.4 Å². The largest absolute Gasteiger partial charge is 0.147 e. The maximum absolute atomic E-state index is 4.17. The third-order valence-corrected chi connectivity index (χ3v) is 4.61. The molecule has 3 aromatic rings. The summed E-state index contributed by atoms with van der Waals surface area (Å²) in [4.78, 5) is 4.15. The Balaban J connectivity index is 0.000000247. The van der Waals surface area contributed by atoms with Gasteiger partial charge in [-0.3, -0.25) is 4.98 Å². The van der Waals surface area contributed by atoms with Crippen LogP contribution in [0.15, 0.2) is 59.3 Å². The van der Waals surface area contributed by atoms with E-state index in [1.807, 2.05) is 30.6 Å². The zero-order chi connectivity index (χ0) is 17.6. The number of benzene rings is 2. The van der Waals surface area contributed by atoms with Crippen molar-refractivity contribution in [2.75, 3.05) is 0 Å². The Bertz CT molecular complexity index is 934. The Labute approximate surface area is 199 Å². The Morgan fingerprint density at radius 3 is 2.67 bits per heavy atom. The minimum absolute atomic E-state index is 0. The molecule has 0 saturated carbocycles. The molecule has 0 unspecified atom stereocenters. The van der Waals surface area contributed by atoms with Crippen molar-refractivity contribution in [3.05, 3.63) is 93.7 Å². The normalized spacial score (nSPS) is 11.2. The molecule has 2 aromatic carbocycles. The third kappa shape index (κ3) is 5.98. The first kappa shape index (κ1) is 24.5. The van der Waals surface area contributed by atoms with Crippen LogP contribution in [0, 0.1) is 12.1 Å². The predicted molar refractivity (Wildman–Crippen MR) is 105 cm³/mol. The quantitative estimate of drug-likeness (QED) is 0.283. The molecule has 6 heteroatoms. The molecule has 0 amide bonds. The Hall–Kier alpha value is -0.507. The van der Waals surface area contributed by atoms with Crippen molar-refractivity contribution in [3.8, 4) is 11.1 Å². The van der Waals surface area contributed by atoms with E-state index in [9.17, 15) is 0 Å². The summed E-state index contributed by atoms with van der Waals surface area (Å²) in [7, 11) is 4.17. The van der Waals surface area contributed by atoms with E-state index in [2.05, 4.69) is 72.3 Å². The topological polar surface area (TPSA) is 12.9 Å². The van der Waals surface area contributed by atoms with Crippen molar-refractivity contribution in [2.45, 2.75) is 12.8 Å². The van der Waals surface area contributed by atoms with Crippen LogP contribution in [0.3, 0.4) is 0 Å². The molecular formula is C21H14BrCl2NSZr-2. The molecule has 0 aliphatic heterocycles. The molecular weight excluding hydrogens is 540 g/mol. The molecule has 0 radical (unpaired) electrons. The summed E-state index contributed by atoms with van der Waals surface area (Å²) in [6.45, 7) is 0. The molecule has 0 N–H and O–H groups in total. The van der Waals surface area contributed by atoms with Gasteiger partial charge in [-0.05, 0) is 18.7 Å². The summed E-state index contributed by atoms with van der Waals surface area (Å²) in [5, 5.41) is 0. The minimum atomic E-state index is 0. The number of halogens is 3. The maximum atomic E-state index is 4.17. The summed E-state index contributed by atoms with van der Waals surface area (Å²) in [5.74, 6) is 0. The predicted octanol–water partition coefficient (Wildman–Crippen LogP) is -0.0747. The number of fused-ring (bicyclic) bond motifs is 4. The van der Waals surface area contributed by atoms with Crippen LogP contribution in [0.1, 0.15) is 22.3 Å². The number of nitrogens with zero attached hydrogens (tertiary/aromatic N) is 1. The van der Waals surface area contributed by atoms with E-state index < -0.39 is 0 Å². The monoisotopic (exact) mass is 551 g/mol. The molecule has 0 fully saturated rings. The number of pyridine rings is 1. The van der Waals surface area contributed by atoms with E-state index in [-0.39, 0.29) is 24.8 Å². The molecule has 0 bridgehead atoms. The van der Waals surface area contributed by atoms with Crippen molar-refractivity contribution in [3.63, 3.8) is 0 Å². The zero-order valence-electron chi connectivity index (χ0n) is 14.2. The van der Waals surface area contributed by atoms with Crippen LogP contribution < -0.4 is 24.8 Å². The van der Waals surface area contributed by atoms with Gasteiger partial charge in [0.15, 0.2) is 0 Å². The molecule has 2 aliphatic rings. The number of hydrogen-bond acceptors (Lipinski definition) is 2. The van der Waals surface area contributed by atoms with Crippen LogP contribution in [-0.4, -0.2) is 4.98 Å². The number of allylic oxidation sites excluding steroid dienone is 1. The first-order valence-corrected chi connectivity index (χ1v) is 12.0. The molecule has 1 nitrogen and oxygen atoms in total. The second kappa shape index (κ2) is 12.1. The Morgan fingerprint density at radius 2 is 1.89 bits per heavy atom. The first-order chi connectivity index (χ1) is 12.3. The zero-order valence-corrected chi connectivity index (χ0v) is 20.5.